The topological polar surface area (TPSA) is 33.7 Å². The molecule has 2 aliphatic rings. The van der Waals surface area contributed by atoms with Gasteiger partial charge >= 0.3 is 0 Å². The molecule has 0 atom stereocenters. The summed E-state index contributed by atoms with van der Waals surface area (Å²) in [4.78, 5) is 2.42. The van der Waals surface area contributed by atoms with E-state index in [4.69, 9.17) is 9.47 Å². The molecule has 1 N–H and O–H groups in total. The number of rotatable bonds is 4. The summed E-state index contributed by atoms with van der Waals surface area (Å²) in [6, 6.07) is 0. The molecule has 0 unspecified atom stereocenters. The van der Waals surface area contributed by atoms with Crippen molar-refractivity contribution in [2.45, 2.75) is 25.4 Å². The molecule has 0 aromatic rings. The van der Waals surface area contributed by atoms with Crippen molar-refractivity contribution < 1.29 is 9.47 Å². The van der Waals surface area contributed by atoms with E-state index in [1.54, 1.807) is 0 Å². The van der Waals surface area contributed by atoms with Crippen LogP contribution in [0.3, 0.4) is 0 Å². The Labute approximate surface area is 98.3 Å². The van der Waals surface area contributed by atoms with E-state index in [0.29, 0.717) is 0 Å². The second-order valence-corrected chi connectivity index (χ2v) is 5.00. The van der Waals surface area contributed by atoms with Gasteiger partial charge in [0.25, 0.3) is 0 Å². The van der Waals surface area contributed by atoms with Crippen LogP contribution < -0.4 is 5.32 Å². The molecule has 2 saturated heterocycles. The molecule has 2 aliphatic heterocycles. The van der Waals surface area contributed by atoms with Crippen LogP contribution in [-0.2, 0) is 9.47 Å². The van der Waals surface area contributed by atoms with Crippen molar-refractivity contribution in [3.8, 4) is 0 Å². The van der Waals surface area contributed by atoms with E-state index in [1.807, 2.05) is 0 Å². The predicted octanol–water partition coefficient (Wildman–Crippen LogP) is 0.477. The molecule has 2 rings (SSSR count). The van der Waals surface area contributed by atoms with Crippen LogP contribution in [0.5, 0.6) is 0 Å². The summed E-state index contributed by atoms with van der Waals surface area (Å²) in [5, 5.41) is 3.37. The summed E-state index contributed by atoms with van der Waals surface area (Å²) in [7, 11) is 0. The Bertz CT molecular complexity index is 199. The molecule has 0 saturated carbocycles. The molecule has 0 spiro atoms. The lowest BCUT2D eigenvalue weighted by atomic mass is 9.95. The zero-order valence-corrected chi connectivity index (χ0v) is 10.3. The van der Waals surface area contributed by atoms with Crippen LogP contribution in [0.1, 0.15) is 19.8 Å². The van der Waals surface area contributed by atoms with Crippen molar-refractivity contribution >= 4 is 0 Å². The number of hydrogen-bond donors (Lipinski definition) is 1. The normalized spacial score (nSPS) is 26.8. The molecule has 0 aromatic carbocycles. The first-order chi connectivity index (χ1) is 7.79. The van der Waals surface area contributed by atoms with E-state index in [0.717, 1.165) is 65.4 Å². The Balaban J connectivity index is 1.62. The number of hydrogen-bond acceptors (Lipinski definition) is 4. The Morgan fingerprint density at radius 1 is 1.25 bits per heavy atom. The molecular formula is C12H24N2O2. The first kappa shape index (κ1) is 12.3. The SMILES string of the molecule is CC1(OCCN2CCOCC2)CCNCC1. The summed E-state index contributed by atoms with van der Waals surface area (Å²) in [5.74, 6) is 0. The van der Waals surface area contributed by atoms with Gasteiger partial charge < -0.3 is 14.8 Å². The highest BCUT2D eigenvalue weighted by molar-refractivity contribution is 4.81. The fourth-order valence-electron chi connectivity index (χ4n) is 2.35. The molecule has 0 bridgehead atoms. The maximum absolute atomic E-state index is 6.05. The van der Waals surface area contributed by atoms with Gasteiger partial charge in [0, 0.05) is 19.6 Å². The molecule has 0 radical (unpaired) electrons. The van der Waals surface area contributed by atoms with Gasteiger partial charge in [-0.3, -0.25) is 4.90 Å². The summed E-state index contributed by atoms with van der Waals surface area (Å²) < 4.78 is 11.4. The maximum atomic E-state index is 6.05. The summed E-state index contributed by atoms with van der Waals surface area (Å²) in [5.41, 5.74) is 0.109. The average Bonchev–Trinajstić information content (AvgIpc) is 2.31. The first-order valence-corrected chi connectivity index (χ1v) is 6.43. The zero-order chi connectivity index (χ0) is 11.3. The van der Waals surface area contributed by atoms with Gasteiger partial charge in [0.1, 0.15) is 0 Å². The summed E-state index contributed by atoms with van der Waals surface area (Å²) in [6.07, 6.45) is 2.27. The van der Waals surface area contributed by atoms with E-state index in [2.05, 4.69) is 17.1 Å². The fraction of sp³-hybridized carbons (Fsp3) is 1.00. The zero-order valence-electron chi connectivity index (χ0n) is 10.3. The van der Waals surface area contributed by atoms with Crippen LogP contribution in [-0.4, -0.2) is 63.0 Å². The minimum atomic E-state index is 0.109. The predicted molar refractivity (Wildman–Crippen MR) is 63.7 cm³/mol. The van der Waals surface area contributed by atoms with Crippen molar-refractivity contribution in [2.75, 3.05) is 52.5 Å². The molecule has 94 valence electrons. The third-order valence-corrected chi connectivity index (χ3v) is 3.62. The van der Waals surface area contributed by atoms with E-state index < -0.39 is 0 Å². The van der Waals surface area contributed by atoms with Gasteiger partial charge in [-0.1, -0.05) is 0 Å². The Morgan fingerprint density at radius 3 is 2.62 bits per heavy atom. The molecule has 0 amide bonds. The Morgan fingerprint density at radius 2 is 1.94 bits per heavy atom. The van der Waals surface area contributed by atoms with E-state index >= 15 is 0 Å². The van der Waals surface area contributed by atoms with Crippen molar-refractivity contribution in [3.05, 3.63) is 0 Å². The van der Waals surface area contributed by atoms with Crippen LogP contribution in [0, 0.1) is 0 Å². The molecule has 0 aromatic heterocycles. The monoisotopic (exact) mass is 228 g/mol. The van der Waals surface area contributed by atoms with Crippen molar-refractivity contribution in [3.63, 3.8) is 0 Å². The van der Waals surface area contributed by atoms with Crippen molar-refractivity contribution in [1.29, 1.82) is 0 Å². The van der Waals surface area contributed by atoms with Gasteiger partial charge in [-0.25, -0.2) is 0 Å². The fourth-order valence-corrected chi connectivity index (χ4v) is 2.35. The van der Waals surface area contributed by atoms with Gasteiger partial charge in [0.15, 0.2) is 0 Å². The van der Waals surface area contributed by atoms with Crippen LogP contribution in [0.25, 0.3) is 0 Å². The summed E-state index contributed by atoms with van der Waals surface area (Å²) in [6.45, 7) is 10.2. The van der Waals surface area contributed by atoms with Crippen molar-refractivity contribution in [1.82, 2.24) is 10.2 Å². The number of nitrogens with zero attached hydrogens (tertiary/aromatic N) is 1. The number of nitrogens with one attached hydrogen (secondary N) is 1. The molecule has 16 heavy (non-hydrogen) atoms. The van der Waals surface area contributed by atoms with Gasteiger partial charge in [-0.2, -0.15) is 0 Å². The molecular weight excluding hydrogens is 204 g/mol. The average molecular weight is 228 g/mol. The highest BCUT2D eigenvalue weighted by Crippen LogP contribution is 2.21. The first-order valence-electron chi connectivity index (χ1n) is 6.43. The molecule has 2 fully saturated rings. The van der Waals surface area contributed by atoms with Gasteiger partial charge in [-0.15, -0.1) is 0 Å². The lowest BCUT2D eigenvalue weighted by molar-refractivity contribution is -0.0646. The maximum Gasteiger partial charge on any atom is 0.0679 e. The lowest BCUT2D eigenvalue weighted by Gasteiger charge is -2.35. The van der Waals surface area contributed by atoms with Crippen LogP contribution in [0.4, 0.5) is 0 Å². The Kier molecular flexibility index (Phi) is 4.58. The number of morpholine rings is 1. The van der Waals surface area contributed by atoms with Crippen LogP contribution in [0.2, 0.25) is 0 Å². The van der Waals surface area contributed by atoms with Gasteiger partial charge in [0.2, 0.25) is 0 Å². The van der Waals surface area contributed by atoms with Gasteiger partial charge in [0.05, 0.1) is 25.4 Å². The number of ether oxygens (including phenoxy) is 2. The second-order valence-electron chi connectivity index (χ2n) is 5.00. The highest BCUT2D eigenvalue weighted by Gasteiger charge is 2.27. The van der Waals surface area contributed by atoms with Gasteiger partial charge in [-0.05, 0) is 32.9 Å². The van der Waals surface area contributed by atoms with E-state index in [1.165, 1.54) is 0 Å². The van der Waals surface area contributed by atoms with E-state index in [9.17, 15) is 0 Å². The molecule has 4 heteroatoms. The lowest BCUT2D eigenvalue weighted by Crippen LogP contribution is -2.44. The Hall–Kier alpha value is -0.160. The minimum absolute atomic E-state index is 0.109. The standard InChI is InChI=1S/C12H24N2O2/c1-12(2-4-13-5-3-12)16-11-8-14-6-9-15-10-7-14/h13H,2-11H2,1H3. The quantitative estimate of drug-likeness (QED) is 0.759. The largest absolute Gasteiger partial charge is 0.379 e. The molecule has 2 heterocycles. The third-order valence-electron chi connectivity index (χ3n) is 3.62. The smallest absolute Gasteiger partial charge is 0.0679 e. The summed E-state index contributed by atoms with van der Waals surface area (Å²) >= 11 is 0. The van der Waals surface area contributed by atoms with Crippen LogP contribution in [0.15, 0.2) is 0 Å². The van der Waals surface area contributed by atoms with Crippen LogP contribution >= 0.6 is 0 Å². The second kappa shape index (κ2) is 5.96. The van der Waals surface area contributed by atoms with Crippen molar-refractivity contribution in [2.24, 2.45) is 0 Å². The highest BCUT2D eigenvalue weighted by atomic mass is 16.5. The minimum Gasteiger partial charge on any atom is -0.379 e. The van der Waals surface area contributed by atoms with E-state index in [-0.39, 0.29) is 5.60 Å². The molecule has 4 nitrogen and oxygen atoms in total. The number of piperidine rings is 1. The molecule has 0 aliphatic carbocycles. The third kappa shape index (κ3) is 3.70.